The summed E-state index contributed by atoms with van der Waals surface area (Å²) in [7, 11) is 0. The van der Waals surface area contributed by atoms with E-state index in [1.54, 1.807) is 22.1 Å². The SMILES string of the molecule is Cc1ccc(Cn2ccc(NC(=O)COCc3cc(-c4cccs4)on3)n2)cc1. The number of aryl methyl sites for hydroxylation is 1. The molecule has 1 amide bonds. The molecule has 148 valence electrons. The fraction of sp³-hybridized carbons (Fsp3) is 0.190. The molecule has 0 aliphatic rings. The van der Waals surface area contributed by atoms with Crippen molar-refractivity contribution in [2.24, 2.45) is 0 Å². The normalized spacial score (nSPS) is 10.9. The molecular formula is C21H20N4O3S. The number of ether oxygens (including phenoxy) is 1. The second-order valence-electron chi connectivity index (χ2n) is 6.58. The molecule has 0 saturated heterocycles. The summed E-state index contributed by atoms with van der Waals surface area (Å²) in [5, 5.41) is 13.0. The van der Waals surface area contributed by atoms with Crippen LogP contribution in [0.15, 0.2) is 64.6 Å². The lowest BCUT2D eigenvalue weighted by molar-refractivity contribution is -0.121. The molecule has 4 rings (SSSR count). The first-order valence-corrected chi connectivity index (χ1v) is 10.00. The molecule has 0 spiro atoms. The molecule has 8 heteroatoms. The first-order valence-electron chi connectivity index (χ1n) is 9.12. The van der Waals surface area contributed by atoms with Crippen molar-refractivity contribution in [1.82, 2.24) is 14.9 Å². The highest BCUT2D eigenvalue weighted by Gasteiger charge is 2.10. The lowest BCUT2D eigenvalue weighted by Gasteiger charge is -2.04. The van der Waals surface area contributed by atoms with Gasteiger partial charge in [-0.2, -0.15) is 5.10 Å². The zero-order valence-corrected chi connectivity index (χ0v) is 16.7. The molecule has 0 fully saturated rings. The molecule has 3 heterocycles. The number of hydrogen-bond donors (Lipinski definition) is 1. The molecule has 1 N–H and O–H groups in total. The van der Waals surface area contributed by atoms with E-state index in [1.807, 2.05) is 29.8 Å². The van der Waals surface area contributed by atoms with Crippen molar-refractivity contribution in [3.63, 3.8) is 0 Å². The Balaban J connectivity index is 1.23. The highest BCUT2D eigenvalue weighted by Crippen LogP contribution is 2.25. The molecule has 4 aromatic rings. The number of anilines is 1. The van der Waals surface area contributed by atoms with Crippen molar-refractivity contribution >= 4 is 23.1 Å². The average molecular weight is 408 g/mol. The summed E-state index contributed by atoms with van der Waals surface area (Å²) >= 11 is 1.57. The van der Waals surface area contributed by atoms with Gasteiger partial charge in [0.2, 0.25) is 0 Å². The molecule has 0 atom stereocenters. The first kappa shape index (κ1) is 19.1. The van der Waals surface area contributed by atoms with Crippen LogP contribution in [0.3, 0.4) is 0 Å². The molecule has 0 bridgehead atoms. The lowest BCUT2D eigenvalue weighted by Crippen LogP contribution is -2.18. The van der Waals surface area contributed by atoms with Crippen LogP contribution in [0.4, 0.5) is 5.82 Å². The number of hydrogen-bond acceptors (Lipinski definition) is 6. The van der Waals surface area contributed by atoms with E-state index in [0.29, 0.717) is 23.8 Å². The minimum atomic E-state index is -0.271. The van der Waals surface area contributed by atoms with Gasteiger partial charge in [-0.3, -0.25) is 9.48 Å². The maximum atomic E-state index is 12.1. The van der Waals surface area contributed by atoms with Crippen LogP contribution in [-0.2, 0) is 22.7 Å². The number of carbonyl (C=O) groups is 1. The number of nitrogens with zero attached hydrogens (tertiary/aromatic N) is 3. The third-order valence-electron chi connectivity index (χ3n) is 4.18. The van der Waals surface area contributed by atoms with E-state index in [0.717, 1.165) is 10.4 Å². The Morgan fingerprint density at radius 3 is 2.90 bits per heavy atom. The summed E-state index contributed by atoms with van der Waals surface area (Å²) in [4.78, 5) is 13.1. The average Bonchev–Trinajstić information content (AvgIpc) is 3.45. The Labute approximate surface area is 171 Å². The number of nitrogens with one attached hydrogen (secondary N) is 1. The molecule has 0 radical (unpaired) electrons. The second-order valence-corrected chi connectivity index (χ2v) is 7.53. The summed E-state index contributed by atoms with van der Waals surface area (Å²) in [5.74, 6) is 0.918. The third-order valence-corrected chi connectivity index (χ3v) is 5.06. The number of aromatic nitrogens is 3. The van der Waals surface area contributed by atoms with Gasteiger partial charge in [0.15, 0.2) is 11.6 Å². The van der Waals surface area contributed by atoms with Gasteiger partial charge in [-0.25, -0.2) is 0 Å². The van der Waals surface area contributed by atoms with Crippen LogP contribution < -0.4 is 5.32 Å². The maximum Gasteiger partial charge on any atom is 0.251 e. The van der Waals surface area contributed by atoms with Crippen molar-refractivity contribution in [2.45, 2.75) is 20.1 Å². The van der Waals surface area contributed by atoms with Crippen molar-refractivity contribution in [3.05, 3.63) is 76.9 Å². The summed E-state index contributed by atoms with van der Waals surface area (Å²) in [6, 6.07) is 15.8. The molecule has 3 aromatic heterocycles. The topological polar surface area (TPSA) is 82.2 Å². The van der Waals surface area contributed by atoms with Gasteiger partial charge < -0.3 is 14.6 Å². The van der Waals surface area contributed by atoms with Gasteiger partial charge in [-0.05, 0) is 23.9 Å². The van der Waals surface area contributed by atoms with Crippen LogP contribution >= 0.6 is 11.3 Å². The molecule has 0 aliphatic carbocycles. The molecule has 7 nitrogen and oxygen atoms in total. The Morgan fingerprint density at radius 1 is 1.24 bits per heavy atom. The molecule has 1 aromatic carbocycles. The minimum absolute atomic E-state index is 0.0913. The molecular weight excluding hydrogens is 388 g/mol. The van der Waals surface area contributed by atoms with E-state index < -0.39 is 0 Å². The quantitative estimate of drug-likeness (QED) is 0.474. The van der Waals surface area contributed by atoms with E-state index in [-0.39, 0.29) is 19.1 Å². The number of amides is 1. The smallest absolute Gasteiger partial charge is 0.251 e. The van der Waals surface area contributed by atoms with E-state index in [9.17, 15) is 4.79 Å². The highest BCUT2D eigenvalue weighted by molar-refractivity contribution is 7.13. The first-order chi connectivity index (χ1) is 14.2. The van der Waals surface area contributed by atoms with Gasteiger partial charge >= 0.3 is 0 Å². The van der Waals surface area contributed by atoms with Gasteiger partial charge in [0.25, 0.3) is 5.91 Å². The maximum absolute atomic E-state index is 12.1. The Morgan fingerprint density at radius 2 is 2.10 bits per heavy atom. The number of thiophene rings is 1. The molecule has 0 unspecified atom stereocenters. The summed E-state index contributed by atoms with van der Waals surface area (Å²) in [6.45, 7) is 2.81. The van der Waals surface area contributed by atoms with Crippen LogP contribution in [0.1, 0.15) is 16.8 Å². The van der Waals surface area contributed by atoms with E-state index >= 15 is 0 Å². The number of carbonyl (C=O) groups excluding carboxylic acids is 1. The largest absolute Gasteiger partial charge is 0.365 e. The monoisotopic (exact) mass is 408 g/mol. The van der Waals surface area contributed by atoms with Gasteiger partial charge in [-0.15, -0.1) is 11.3 Å². The van der Waals surface area contributed by atoms with E-state index in [1.165, 1.54) is 5.56 Å². The fourth-order valence-electron chi connectivity index (χ4n) is 2.74. The minimum Gasteiger partial charge on any atom is -0.365 e. The number of benzene rings is 1. The van der Waals surface area contributed by atoms with Crippen molar-refractivity contribution in [2.75, 3.05) is 11.9 Å². The summed E-state index contributed by atoms with van der Waals surface area (Å²) < 4.78 is 12.5. The van der Waals surface area contributed by atoms with Crippen LogP contribution in [0.2, 0.25) is 0 Å². The second kappa shape index (κ2) is 8.85. The fourth-order valence-corrected chi connectivity index (χ4v) is 3.41. The highest BCUT2D eigenvalue weighted by atomic mass is 32.1. The van der Waals surface area contributed by atoms with Crippen molar-refractivity contribution in [3.8, 4) is 10.6 Å². The summed E-state index contributed by atoms with van der Waals surface area (Å²) in [5.41, 5.74) is 3.01. The zero-order chi connectivity index (χ0) is 20.1. The van der Waals surface area contributed by atoms with Gasteiger partial charge in [0, 0.05) is 18.3 Å². The van der Waals surface area contributed by atoms with Crippen LogP contribution in [-0.4, -0.2) is 27.5 Å². The molecule has 0 aliphatic heterocycles. The van der Waals surface area contributed by atoms with Crippen LogP contribution in [0.25, 0.3) is 10.6 Å². The van der Waals surface area contributed by atoms with Crippen molar-refractivity contribution in [1.29, 1.82) is 0 Å². The van der Waals surface area contributed by atoms with Gasteiger partial charge in [0.05, 0.1) is 18.0 Å². The van der Waals surface area contributed by atoms with E-state index in [2.05, 4.69) is 46.8 Å². The van der Waals surface area contributed by atoms with Crippen molar-refractivity contribution < 1.29 is 14.1 Å². The number of rotatable bonds is 8. The third kappa shape index (κ3) is 5.18. The Hall–Kier alpha value is -3.23. The van der Waals surface area contributed by atoms with Gasteiger partial charge in [-0.1, -0.05) is 41.1 Å². The zero-order valence-electron chi connectivity index (χ0n) is 15.9. The Bertz CT molecular complexity index is 1070. The van der Waals surface area contributed by atoms with Crippen LogP contribution in [0, 0.1) is 6.92 Å². The van der Waals surface area contributed by atoms with Crippen LogP contribution in [0.5, 0.6) is 0 Å². The van der Waals surface area contributed by atoms with E-state index in [4.69, 9.17) is 9.26 Å². The molecule has 29 heavy (non-hydrogen) atoms. The summed E-state index contributed by atoms with van der Waals surface area (Å²) in [6.07, 6.45) is 1.83. The standard InChI is InChI=1S/C21H20N4O3S/c1-15-4-6-16(7-5-15)12-25-9-8-20(23-25)22-21(26)14-27-13-17-11-18(28-24-17)19-3-2-10-29-19/h2-11H,12-14H2,1H3,(H,22,23,26). The lowest BCUT2D eigenvalue weighted by atomic mass is 10.1. The predicted octanol–water partition coefficient (Wildman–Crippen LogP) is 4.11. The molecule has 0 saturated carbocycles. The predicted molar refractivity (Wildman–Crippen MR) is 111 cm³/mol. The Kier molecular flexibility index (Phi) is 5.83. The van der Waals surface area contributed by atoms with Gasteiger partial charge in [0.1, 0.15) is 12.3 Å².